The van der Waals surface area contributed by atoms with Gasteiger partial charge in [0.2, 0.25) is 0 Å². The first kappa shape index (κ1) is 22.0. The van der Waals surface area contributed by atoms with Crippen molar-refractivity contribution in [3.63, 3.8) is 0 Å². The summed E-state index contributed by atoms with van der Waals surface area (Å²) in [7, 11) is 0. The molecule has 142 valence electrons. The van der Waals surface area contributed by atoms with E-state index in [4.69, 9.17) is 4.74 Å². The van der Waals surface area contributed by atoms with Crippen molar-refractivity contribution in [1.29, 1.82) is 0 Å². The van der Waals surface area contributed by atoms with Crippen LogP contribution < -0.4 is 10.6 Å². The Labute approximate surface area is 163 Å². The second-order valence-corrected chi connectivity index (χ2v) is 6.15. The highest BCUT2D eigenvalue weighted by atomic mass is 127. The zero-order valence-corrected chi connectivity index (χ0v) is 16.8. The zero-order valence-electron chi connectivity index (χ0n) is 14.4. The van der Waals surface area contributed by atoms with Gasteiger partial charge in [-0.2, -0.15) is 13.2 Å². The summed E-state index contributed by atoms with van der Waals surface area (Å²) in [4.78, 5) is 4.37. The molecule has 1 atom stereocenters. The zero-order chi connectivity index (χ0) is 17.6. The van der Waals surface area contributed by atoms with Crippen molar-refractivity contribution in [1.82, 2.24) is 10.6 Å². The van der Waals surface area contributed by atoms with E-state index in [1.165, 1.54) is 6.07 Å². The maximum absolute atomic E-state index is 12.7. The van der Waals surface area contributed by atoms with E-state index >= 15 is 0 Å². The van der Waals surface area contributed by atoms with E-state index in [2.05, 4.69) is 15.6 Å². The van der Waals surface area contributed by atoms with Gasteiger partial charge < -0.3 is 15.4 Å². The number of hydrogen-bond donors (Lipinski definition) is 2. The monoisotopic (exact) mass is 471 g/mol. The minimum Gasteiger partial charge on any atom is -0.373 e. The Morgan fingerprint density at radius 2 is 2.08 bits per heavy atom. The molecule has 0 amide bonds. The number of benzene rings is 1. The quantitative estimate of drug-likeness (QED) is 0.389. The van der Waals surface area contributed by atoms with Gasteiger partial charge in [0.25, 0.3) is 0 Å². The Hall–Kier alpha value is -1.03. The molecular weight excluding hydrogens is 446 g/mol. The predicted octanol–water partition coefficient (Wildman–Crippen LogP) is 3.95. The van der Waals surface area contributed by atoms with E-state index < -0.39 is 11.7 Å². The molecule has 1 heterocycles. The molecule has 25 heavy (non-hydrogen) atoms. The van der Waals surface area contributed by atoms with Gasteiger partial charge in [0.15, 0.2) is 5.96 Å². The number of halogens is 4. The molecule has 0 aromatic heterocycles. The Morgan fingerprint density at radius 3 is 2.68 bits per heavy atom. The molecule has 2 rings (SSSR count). The van der Waals surface area contributed by atoms with E-state index in [9.17, 15) is 13.2 Å². The topological polar surface area (TPSA) is 45.7 Å². The SMILES string of the molecule is CCNC(=NCc1cccc(C(F)(F)F)c1)NCC1(C)CCCO1.I. The van der Waals surface area contributed by atoms with E-state index in [0.717, 1.165) is 31.6 Å². The van der Waals surface area contributed by atoms with Gasteiger partial charge in [0, 0.05) is 19.7 Å². The summed E-state index contributed by atoms with van der Waals surface area (Å²) in [6, 6.07) is 5.24. The molecular formula is C17H25F3IN3O. The fraction of sp³-hybridized carbons (Fsp3) is 0.588. The largest absolute Gasteiger partial charge is 0.416 e. The highest BCUT2D eigenvalue weighted by Gasteiger charge is 2.31. The highest BCUT2D eigenvalue weighted by molar-refractivity contribution is 14.0. The summed E-state index contributed by atoms with van der Waals surface area (Å²) < 4.78 is 44.0. The van der Waals surface area contributed by atoms with Crippen LogP contribution >= 0.6 is 24.0 Å². The third-order valence-electron chi connectivity index (χ3n) is 3.95. The van der Waals surface area contributed by atoms with E-state index in [1.807, 2.05) is 13.8 Å². The lowest BCUT2D eigenvalue weighted by Gasteiger charge is -2.24. The molecule has 1 saturated heterocycles. The Morgan fingerprint density at radius 1 is 1.32 bits per heavy atom. The molecule has 0 radical (unpaired) electrons. The Balaban J connectivity index is 0.00000312. The van der Waals surface area contributed by atoms with E-state index in [0.29, 0.717) is 24.6 Å². The fourth-order valence-corrected chi connectivity index (χ4v) is 2.61. The number of hydrogen-bond acceptors (Lipinski definition) is 2. The molecule has 1 aromatic rings. The van der Waals surface area contributed by atoms with Crippen LogP contribution in [0.25, 0.3) is 0 Å². The normalized spacial score (nSPS) is 20.9. The van der Waals surface area contributed by atoms with Crippen molar-refractivity contribution in [2.75, 3.05) is 19.7 Å². The molecule has 1 unspecified atom stereocenters. The van der Waals surface area contributed by atoms with Crippen LogP contribution in [0.5, 0.6) is 0 Å². The van der Waals surface area contributed by atoms with E-state index in [-0.39, 0.29) is 36.1 Å². The van der Waals surface area contributed by atoms with Crippen LogP contribution in [0.4, 0.5) is 13.2 Å². The molecule has 0 aliphatic carbocycles. The first-order chi connectivity index (χ1) is 11.3. The minimum absolute atomic E-state index is 0. The summed E-state index contributed by atoms with van der Waals surface area (Å²) >= 11 is 0. The second-order valence-electron chi connectivity index (χ2n) is 6.15. The summed E-state index contributed by atoms with van der Waals surface area (Å²) in [5, 5.41) is 6.31. The number of nitrogens with one attached hydrogen (secondary N) is 2. The summed E-state index contributed by atoms with van der Waals surface area (Å²) in [5.41, 5.74) is -0.350. The third-order valence-corrected chi connectivity index (χ3v) is 3.95. The maximum atomic E-state index is 12.7. The molecule has 0 saturated carbocycles. The molecule has 8 heteroatoms. The van der Waals surface area contributed by atoms with Crippen LogP contribution in [0.3, 0.4) is 0 Å². The number of aliphatic imine (C=N–C) groups is 1. The van der Waals surface area contributed by atoms with Crippen LogP contribution in [0.15, 0.2) is 29.3 Å². The molecule has 0 spiro atoms. The van der Waals surface area contributed by atoms with Crippen LogP contribution in [0.2, 0.25) is 0 Å². The fourth-order valence-electron chi connectivity index (χ4n) is 2.61. The van der Waals surface area contributed by atoms with Crippen molar-refractivity contribution in [3.05, 3.63) is 35.4 Å². The van der Waals surface area contributed by atoms with Gasteiger partial charge >= 0.3 is 6.18 Å². The smallest absolute Gasteiger partial charge is 0.373 e. The lowest BCUT2D eigenvalue weighted by Crippen LogP contribution is -2.45. The molecule has 1 aliphatic rings. The van der Waals surface area contributed by atoms with Crippen molar-refractivity contribution in [3.8, 4) is 0 Å². The second kappa shape index (κ2) is 9.61. The average Bonchev–Trinajstić information content (AvgIpc) is 2.97. The molecule has 2 N–H and O–H groups in total. The molecule has 1 fully saturated rings. The van der Waals surface area contributed by atoms with Gasteiger partial charge in [0.1, 0.15) is 0 Å². The first-order valence-corrected chi connectivity index (χ1v) is 8.15. The number of rotatable bonds is 5. The Bertz CT molecular complexity index is 573. The number of guanidine groups is 1. The molecule has 0 bridgehead atoms. The minimum atomic E-state index is -4.34. The number of alkyl halides is 3. The summed E-state index contributed by atoms with van der Waals surface area (Å²) in [6.07, 6.45) is -2.32. The lowest BCUT2D eigenvalue weighted by molar-refractivity contribution is -0.137. The van der Waals surface area contributed by atoms with E-state index in [1.54, 1.807) is 6.07 Å². The van der Waals surface area contributed by atoms with Crippen molar-refractivity contribution >= 4 is 29.9 Å². The number of nitrogens with zero attached hydrogens (tertiary/aromatic N) is 1. The molecule has 1 aliphatic heterocycles. The standard InChI is InChI=1S/C17H24F3N3O.HI/c1-3-21-15(23-12-16(2)8-5-9-24-16)22-11-13-6-4-7-14(10-13)17(18,19)20;/h4,6-7,10H,3,5,8-9,11-12H2,1-2H3,(H2,21,22,23);1H. The van der Waals surface area contributed by atoms with Crippen LogP contribution in [-0.4, -0.2) is 31.3 Å². The highest BCUT2D eigenvalue weighted by Crippen LogP contribution is 2.29. The predicted molar refractivity (Wildman–Crippen MR) is 103 cm³/mol. The third kappa shape index (κ3) is 7.01. The van der Waals surface area contributed by atoms with Crippen LogP contribution in [0, 0.1) is 0 Å². The van der Waals surface area contributed by atoms with Gasteiger partial charge in [-0.25, -0.2) is 4.99 Å². The van der Waals surface area contributed by atoms with Crippen molar-refractivity contribution < 1.29 is 17.9 Å². The van der Waals surface area contributed by atoms with Gasteiger partial charge in [-0.15, -0.1) is 24.0 Å². The van der Waals surface area contributed by atoms with Crippen LogP contribution in [-0.2, 0) is 17.5 Å². The van der Waals surface area contributed by atoms with Gasteiger partial charge in [-0.1, -0.05) is 12.1 Å². The van der Waals surface area contributed by atoms with Crippen molar-refractivity contribution in [2.24, 2.45) is 4.99 Å². The molecule has 1 aromatic carbocycles. The van der Waals surface area contributed by atoms with Crippen LogP contribution in [0.1, 0.15) is 37.8 Å². The number of ether oxygens (including phenoxy) is 1. The summed E-state index contributed by atoms with van der Waals surface area (Å²) in [5.74, 6) is 0.576. The first-order valence-electron chi connectivity index (χ1n) is 8.15. The summed E-state index contributed by atoms with van der Waals surface area (Å²) in [6.45, 7) is 6.21. The Kier molecular flexibility index (Phi) is 8.46. The maximum Gasteiger partial charge on any atom is 0.416 e. The lowest BCUT2D eigenvalue weighted by atomic mass is 10.0. The van der Waals surface area contributed by atoms with Gasteiger partial charge in [-0.3, -0.25) is 0 Å². The molecule has 4 nitrogen and oxygen atoms in total. The van der Waals surface area contributed by atoms with Gasteiger partial charge in [-0.05, 0) is 44.4 Å². The average molecular weight is 471 g/mol. The van der Waals surface area contributed by atoms with Gasteiger partial charge in [0.05, 0.1) is 17.7 Å². The van der Waals surface area contributed by atoms with Crippen molar-refractivity contribution in [2.45, 2.75) is 45.0 Å².